The monoisotopic (exact) mass is 334 g/mol. The van der Waals surface area contributed by atoms with Crippen molar-refractivity contribution in [2.75, 3.05) is 13.7 Å². The van der Waals surface area contributed by atoms with E-state index >= 15 is 0 Å². The fraction of sp³-hybridized carbons (Fsp3) is 0.211. The maximum absolute atomic E-state index is 12.4. The Morgan fingerprint density at radius 1 is 1.20 bits per heavy atom. The Balaban J connectivity index is 1.72. The number of aromatic amines is 1. The summed E-state index contributed by atoms with van der Waals surface area (Å²) in [6, 6.07) is 11.7. The average molecular weight is 334 g/mol. The van der Waals surface area contributed by atoms with Crippen molar-refractivity contribution in [1.82, 2.24) is 20.3 Å². The van der Waals surface area contributed by atoms with Crippen molar-refractivity contribution in [2.24, 2.45) is 0 Å². The van der Waals surface area contributed by atoms with E-state index in [1.807, 2.05) is 36.4 Å². The van der Waals surface area contributed by atoms with Crippen molar-refractivity contribution in [3.63, 3.8) is 0 Å². The van der Waals surface area contributed by atoms with Crippen molar-refractivity contribution >= 4 is 5.91 Å². The van der Waals surface area contributed by atoms with Gasteiger partial charge in [-0.3, -0.25) is 9.78 Å². The normalized spacial score (nSPS) is 16.7. The zero-order valence-electron chi connectivity index (χ0n) is 13.8. The van der Waals surface area contributed by atoms with Gasteiger partial charge in [-0.15, -0.1) is 0 Å². The zero-order chi connectivity index (χ0) is 17.2. The molecule has 0 saturated carbocycles. The first-order chi connectivity index (χ1) is 12.3. The Morgan fingerprint density at radius 3 is 2.88 bits per heavy atom. The highest BCUT2D eigenvalue weighted by molar-refractivity contribution is 5.94. The molecule has 0 radical (unpaired) electrons. The predicted octanol–water partition coefficient (Wildman–Crippen LogP) is 2.55. The lowest BCUT2D eigenvalue weighted by atomic mass is 9.93. The zero-order valence-corrected chi connectivity index (χ0v) is 13.8. The van der Waals surface area contributed by atoms with Crippen molar-refractivity contribution < 1.29 is 9.53 Å². The molecule has 6 heteroatoms. The summed E-state index contributed by atoms with van der Waals surface area (Å²) in [7, 11) is 1.66. The van der Waals surface area contributed by atoms with E-state index in [1.54, 1.807) is 19.5 Å². The van der Waals surface area contributed by atoms with Crippen molar-refractivity contribution in [2.45, 2.75) is 12.3 Å². The van der Waals surface area contributed by atoms with Crippen LogP contribution in [0.5, 0.6) is 5.75 Å². The number of aromatic nitrogens is 3. The molecule has 3 heterocycles. The number of hydrogen-bond donors (Lipinski definition) is 2. The van der Waals surface area contributed by atoms with Crippen LogP contribution in [0.15, 0.2) is 48.8 Å². The van der Waals surface area contributed by atoms with Crippen LogP contribution in [0.3, 0.4) is 0 Å². The first kappa shape index (κ1) is 15.4. The Hall–Kier alpha value is -3.15. The topological polar surface area (TPSA) is 79.9 Å². The minimum Gasteiger partial charge on any atom is -0.496 e. The molecule has 1 aliphatic heterocycles. The third-order valence-electron chi connectivity index (χ3n) is 4.47. The van der Waals surface area contributed by atoms with Gasteiger partial charge in [-0.25, -0.2) is 4.98 Å². The molecule has 3 aromatic rings. The third-order valence-corrected chi connectivity index (χ3v) is 4.47. The highest BCUT2D eigenvalue weighted by Gasteiger charge is 2.27. The number of amides is 1. The lowest BCUT2D eigenvalue weighted by molar-refractivity contribution is 0.0950. The van der Waals surface area contributed by atoms with Crippen LogP contribution in [-0.2, 0) is 6.42 Å². The molecule has 1 atom stereocenters. The van der Waals surface area contributed by atoms with E-state index in [4.69, 9.17) is 4.74 Å². The number of fused-ring (bicyclic) bond motifs is 1. The molecule has 1 unspecified atom stereocenters. The van der Waals surface area contributed by atoms with Gasteiger partial charge in [0.25, 0.3) is 5.91 Å². The largest absolute Gasteiger partial charge is 0.496 e. The lowest BCUT2D eigenvalue weighted by Crippen LogP contribution is -2.26. The average Bonchev–Trinajstić information content (AvgIpc) is 3.03. The summed E-state index contributed by atoms with van der Waals surface area (Å²) in [6.07, 6.45) is 4.12. The summed E-state index contributed by atoms with van der Waals surface area (Å²) in [5, 5.41) is 2.97. The summed E-state index contributed by atoms with van der Waals surface area (Å²) in [4.78, 5) is 24.4. The highest BCUT2D eigenvalue weighted by atomic mass is 16.5. The molecule has 0 spiro atoms. The maximum Gasteiger partial charge on any atom is 0.271 e. The molecular weight excluding hydrogens is 316 g/mol. The first-order valence-corrected chi connectivity index (χ1v) is 8.16. The molecular formula is C19H18N4O2. The van der Waals surface area contributed by atoms with Gasteiger partial charge in [-0.2, -0.15) is 0 Å². The first-order valence-electron chi connectivity index (χ1n) is 8.16. The minimum atomic E-state index is -0.154. The molecule has 126 valence electrons. The number of carbonyl (C=O) groups is 1. The van der Waals surface area contributed by atoms with E-state index in [-0.39, 0.29) is 11.8 Å². The van der Waals surface area contributed by atoms with Gasteiger partial charge in [0, 0.05) is 36.1 Å². The number of H-pyrrole nitrogens is 1. The van der Waals surface area contributed by atoms with Gasteiger partial charge in [0.15, 0.2) is 0 Å². The van der Waals surface area contributed by atoms with Gasteiger partial charge < -0.3 is 15.0 Å². The van der Waals surface area contributed by atoms with Crippen molar-refractivity contribution in [3.8, 4) is 17.1 Å². The van der Waals surface area contributed by atoms with Crippen LogP contribution in [0.1, 0.15) is 27.7 Å². The summed E-state index contributed by atoms with van der Waals surface area (Å²) in [5.74, 6) is 1.45. The van der Waals surface area contributed by atoms with Gasteiger partial charge in [0.05, 0.1) is 7.11 Å². The number of imidazole rings is 1. The van der Waals surface area contributed by atoms with Crippen LogP contribution < -0.4 is 10.1 Å². The molecule has 1 amide bonds. The molecule has 2 N–H and O–H groups in total. The maximum atomic E-state index is 12.4. The summed E-state index contributed by atoms with van der Waals surface area (Å²) in [6.45, 7) is 0.547. The highest BCUT2D eigenvalue weighted by Crippen LogP contribution is 2.31. The number of hydrogen-bond acceptors (Lipinski definition) is 4. The van der Waals surface area contributed by atoms with Gasteiger partial charge in [0.1, 0.15) is 17.3 Å². The molecule has 0 aliphatic carbocycles. The fourth-order valence-electron chi connectivity index (χ4n) is 3.23. The minimum absolute atomic E-state index is 0.114. The number of nitrogens with one attached hydrogen (secondary N) is 2. The third kappa shape index (κ3) is 2.87. The van der Waals surface area contributed by atoms with Gasteiger partial charge >= 0.3 is 0 Å². The van der Waals surface area contributed by atoms with Crippen LogP contribution in [0, 0.1) is 0 Å². The van der Waals surface area contributed by atoms with E-state index in [9.17, 15) is 4.79 Å². The van der Waals surface area contributed by atoms with Crippen LogP contribution >= 0.6 is 0 Å². The number of methoxy groups -OCH3 is 1. The standard InChI is InChI=1S/C19H18N4O2/c1-25-16-7-3-2-6-14(16)13-9-15-17(19(24)21-11-13)23-18(22-15)12-5-4-8-20-10-12/h2-8,10,13H,9,11H2,1H3,(H,21,24)(H,22,23). The molecule has 1 aliphatic rings. The molecule has 0 bridgehead atoms. The smallest absolute Gasteiger partial charge is 0.271 e. The van der Waals surface area contributed by atoms with E-state index in [1.165, 1.54) is 0 Å². The number of ether oxygens (including phenoxy) is 1. The lowest BCUT2D eigenvalue weighted by Gasteiger charge is -2.17. The second-order valence-corrected chi connectivity index (χ2v) is 6.01. The van der Waals surface area contributed by atoms with Crippen LogP contribution in [0.2, 0.25) is 0 Å². The van der Waals surface area contributed by atoms with Crippen molar-refractivity contribution in [1.29, 1.82) is 0 Å². The Labute approximate surface area is 145 Å². The molecule has 2 aromatic heterocycles. The second kappa shape index (κ2) is 6.39. The van der Waals surface area contributed by atoms with E-state index in [0.717, 1.165) is 22.6 Å². The summed E-state index contributed by atoms with van der Waals surface area (Å²) in [5.41, 5.74) is 3.23. The number of benzene rings is 1. The van der Waals surface area contributed by atoms with Crippen LogP contribution in [0.4, 0.5) is 0 Å². The summed E-state index contributed by atoms with van der Waals surface area (Å²) < 4.78 is 5.48. The Kier molecular flexibility index (Phi) is 3.93. The van der Waals surface area contributed by atoms with Crippen LogP contribution in [0.25, 0.3) is 11.4 Å². The molecule has 4 rings (SSSR count). The SMILES string of the molecule is COc1ccccc1C1CNC(=O)c2nc(-c3cccnc3)[nH]c2C1. The number of rotatable bonds is 3. The van der Waals surface area contributed by atoms with E-state index in [0.29, 0.717) is 24.5 Å². The van der Waals surface area contributed by atoms with Gasteiger partial charge in [-0.05, 0) is 30.2 Å². The number of pyridine rings is 1. The second-order valence-electron chi connectivity index (χ2n) is 6.01. The number of carbonyl (C=O) groups excluding carboxylic acids is 1. The van der Waals surface area contributed by atoms with E-state index < -0.39 is 0 Å². The molecule has 6 nitrogen and oxygen atoms in total. The molecule has 0 saturated heterocycles. The Morgan fingerprint density at radius 2 is 2.08 bits per heavy atom. The molecule has 1 aromatic carbocycles. The van der Waals surface area contributed by atoms with Gasteiger partial charge in [-0.1, -0.05) is 18.2 Å². The predicted molar refractivity (Wildman–Crippen MR) is 93.6 cm³/mol. The number of nitrogens with zero attached hydrogens (tertiary/aromatic N) is 2. The quantitative estimate of drug-likeness (QED) is 0.771. The fourth-order valence-corrected chi connectivity index (χ4v) is 3.23. The Bertz CT molecular complexity index is 905. The van der Waals surface area contributed by atoms with Crippen LogP contribution in [-0.4, -0.2) is 34.5 Å². The van der Waals surface area contributed by atoms with E-state index in [2.05, 4.69) is 20.3 Å². The summed E-state index contributed by atoms with van der Waals surface area (Å²) >= 11 is 0. The molecule has 25 heavy (non-hydrogen) atoms. The molecule has 0 fully saturated rings. The van der Waals surface area contributed by atoms with Gasteiger partial charge in [0.2, 0.25) is 0 Å². The van der Waals surface area contributed by atoms with Crippen molar-refractivity contribution in [3.05, 3.63) is 65.7 Å². The number of para-hydroxylation sites is 1.